The molecule has 1 fully saturated rings. The summed E-state index contributed by atoms with van der Waals surface area (Å²) in [6.07, 6.45) is 10.0. The number of carbonyl (C=O) groups is 1. The molecule has 1 saturated carbocycles. The summed E-state index contributed by atoms with van der Waals surface area (Å²) in [6, 6.07) is 11.4. The Kier molecular flexibility index (Phi) is 10.0. The van der Waals surface area contributed by atoms with Crippen LogP contribution in [-0.4, -0.2) is 70.5 Å². The van der Waals surface area contributed by atoms with Crippen LogP contribution in [0.3, 0.4) is 0 Å². The molecule has 4 aromatic rings. The monoisotopic (exact) mass is 775 g/mol. The van der Waals surface area contributed by atoms with E-state index < -0.39 is 21.2 Å². The third-order valence-electron chi connectivity index (χ3n) is 11.8. The maximum absolute atomic E-state index is 13.6. The Bertz CT molecular complexity index is 2130. The lowest BCUT2D eigenvalue weighted by molar-refractivity contribution is 0.0574. The van der Waals surface area contributed by atoms with E-state index in [2.05, 4.69) is 59.1 Å². The fraction of sp³-hybridized carbons (Fsp3) is 0.513. The number of halogens is 1. The van der Waals surface area contributed by atoms with Crippen LogP contribution in [-0.2, 0) is 34.9 Å². The number of nitrogens with one attached hydrogen (secondary N) is 1. The second-order valence-corrected chi connectivity index (χ2v) is 18.0. The Hall–Kier alpha value is -4.27. The molecule has 54 heavy (non-hydrogen) atoms. The largest absolute Gasteiger partial charge is 0.490 e. The smallest absolute Gasteiger partial charge is 0.264 e. The quantitative estimate of drug-likeness (QED) is 0.233. The van der Waals surface area contributed by atoms with Crippen molar-refractivity contribution in [2.45, 2.75) is 95.5 Å². The predicted molar refractivity (Wildman–Crippen MR) is 202 cm³/mol. The lowest BCUT2D eigenvalue weighted by atomic mass is 9.67. The van der Waals surface area contributed by atoms with Crippen LogP contribution in [0.15, 0.2) is 57.6 Å². The van der Waals surface area contributed by atoms with Gasteiger partial charge in [0.05, 0.1) is 30.6 Å². The normalized spacial score (nSPS) is 27.3. The van der Waals surface area contributed by atoms with Crippen molar-refractivity contribution >= 4 is 33.2 Å². The van der Waals surface area contributed by atoms with Gasteiger partial charge in [0.1, 0.15) is 5.75 Å². The van der Waals surface area contributed by atoms with E-state index in [4.69, 9.17) is 25.4 Å². The molecule has 0 unspecified atom stereocenters. The van der Waals surface area contributed by atoms with Crippen molar-refractivity contribution in [1.82, 2.24) is 29.9 Å². The molecular formula is C39H46ClN7O6S. The highest BCUT2D eigenvalue weighted by Crippen LogP contribution is 2.47. The summed E-state index contributed by atoms with van der Waals surface area (Å²) in [4.78, 5) is 27.3. The molecular weight excluding hydrogens is 730 g/mol. The lowest BCUT2D eigenvalue weighted by Crippen LogP contribution is -2.52. The molecule has 4 aliphatic rings. The topological polar surface area (TPSA) is 157 Å². The van der Waals surface area contributed by atoms with Crippen molar-refractivity contribution in [3.63, 3.8) is 0 Å². The van der Waals surface area contributed by atoms with Gasteiger partial charge in [0.2, 0.25) is 21.8 Å². The Morgan fingerprint density at radius 3 is 2.46 bits per heavy atom. The zero-order chi connectivity index (χ0) is 37.6. The Balaban J connectivity index is 1.20. The zero-order valence-corrected chi connectivity index (χ0v) is 32.4. The third-order valence-corrected chi connectivity index (χ3v) is 13.8. The Labute approximate surface area is 320 Å². The van der Waals surface area contributed by atoms with E-state index in [9.17, 15) is 13.2 Å². The molecule has 0 saturated heterocycles. The fourth-order valence-corrected chi connectivity index (χ4v) is 10.0. The van der Waals surface area contributed by atoms with Gasteiger partial charge in [-0.2, -0.15) is 9.97 Å². The van der Waals surface area contributed by atoms with Gasteiger partial charge in [0.25, 0.3) is 5.91 Å². The van der Waals surface area contributed by atoms with Crippen molar-refractivity contribution in [3.05, 3.63) is 93.7 Å². The summed E-state index contributed by atoms with van der Waals surface area (Å²) in [5.74, 6) is 2.63. The number of nitrogens with zero attached hydrogens (tertiary/aromatic N) is 6. The maximum Gasteiger partial charge on any atom is 0.264 e. The van der Waals surface area contributed by atoms with Crippen LogP contribution in [0.4, 0.5) is 5.69 Å². The number of sulfonamides is 1. The van der Waals surface area contributed by atoms with Crippen molar-refractivity contribution < 1.29 is 27.0 Å². The highest BCUT2D eigenvalue weighted by atomic mass is 35.5. The minimum atomic E-state index is -3.96. The summed E-state index contributed by atoms with van der Waals surface area (Å²) in [7, 11) is -3.96. The number of benzene rings is 2. The Morgan fingerprint density at radius 2 is 1.78 bits per heavy atom. The summed E-state index contributed by atoms with van der Waals surface area (Å²) >= 11 is 6.49. The van der Waals surface area contributed by atoms with Gasteiger partial charge in [0.15, 0.2) is 11.6 Å². The molecule has 5 atom stereocenters. The molecule has 2 bridgehead atoms. The first-order valence-corrected chi connectivity index (χ1v) is 20.7. The van der Waals surface area contributed by atoms with E-state index in [0.717, 1.165) is 42.8 Å². The van der Waals surface area contributed by atoms with Crippen LogP contribution in [0, 0.1) is 25.7 Å². The lowest BCUT2D eigenvalue weighted by Gasteiger charge is -2.48. The average Bonchev–Trinajstić information content (AvgIpc) is 3.70. The van der Waals surface area contributed by atoms with Crippen molar-refractivity contribution in [2.75, 3.05) is 24.6 Å². The van der Waals surface area contributed by atoms with Gasteiger partial charge in [0, 0.05) is 49.0 Å². The SMILES string of the molecule is Cc1nc(CN(Cc2noc(C)n2)[C@H]2/C=C\CC[C@@H](C)S(=O)(=O)NC(=O)c3ccc4c(c3)N(C[C@@H]3CC[C@H]32)C[C@@]2(CCCc3cc(Cl)ccc32)CO4)no1. The van der Waals surface area contributed by atoms with E-state index >= 15 is 0 Å². The summed E-state index contributed by atoms with van der Waals surface area (Å²) in [5, 5.41) is 8.38. The number of ether oxygens (including phenoxy) is 1. The number of hydrogen-bond acceptors (Lipinski definition) is 12. The standard InChI is InChI=1S/C39H46ClN7O6S/c1-24-7-4-5-9-33(46(20-36-41-25(2)52-43-36)21-37-42-26(3)53-44-37)31-13-10-29(31)19-47-22-39(16-6-8-27-17-30(40)12-14-32(27)39)23-51-35-15-11-28(18-34(35)47)38(48)45-54(24,49)50/h5,9,11-12,14-15,17-18,24,29,31,33H,4,6-8,10,13,16,19-23H2,1-3H3,(H,45,48)/b9-5-/t24-,29+,31-,33+,39+/m1/s1. The first-order chi connectivity index (χ1) is 26.0. The molecule has 286 valence electrons. The zero-order valence-electron chi connectivity index (χ0n) is 30.8. The number of rotatable bonds is 5. The van der Waals surface area contributed by atoms with Gasteiger partial charge in [-0.15, -0.1) is 0 Å². The highest BCUT2D eigenvalue weighted by molar-refractivity contribution is 7.90. The number of aromatic nitrogens is 4. The van der Waals surface area contributed by atoms with Crippen LogP contribution >= 0.6 is 11.6 Å². The number of carbonyl (C=O) groups excluding carboxylic acids is 1. The van der Waals surface area contributed by atoms with E-state index in [-0.39, 0.29) is 28.9 Å². The molecule has 4 heterocycles. The first kappa shape index (κ1) is 36.7. The van der Waals surface area contributed by atoms with Crippen molar-refractivity contribution in [1.29, 1.82) is 0 Å². The third kappa shape index (κ3) is 7.39. The van der Waals surface area contributed by atoms with Crippen LogP contribution < -0.4 is 14.4 Å². The summed E-state index contributed by atoms with van der Waals surface area (Å²) in [6.45, 7) is 7.84. The van der Waals surface area contributed by atoms with Crippen molar-refractivity contribution in [3.8, 4) is 5.75 Å². The van der Waals surface area contributed by atoms with Gasteiger partial charge >= 0.3 is 0 Å². The van der Waals surface area contributed by atoms with Crippen LogP contribution in [0.25, 0.3) is 0 Å². The number of anilines is 1. The van der Waals surface area contributed by atoms with Gasteiger partial charge in [-0.25, -0.2) is 13.1 Å². The molecule has 13 nitrogen and oxygen atoms in total. The predicted octanol–water partition coefficient (Wildman–Crippen LogP) is 6.09. The molecule has 2 aliphatic carbocycles. The highest BCUT2D eigenvalue weighted by Gasteiger charge is 2.45. The van der Waals surface area contributed by atoms with Crippen LogP contribution in [0.1, 0.15) is 90.4 Å². The van der Waals surface area contributed by atoms with E-state index in [1.807, 2.05) is 12.1 Å². The second kappa shape index (κ2) is 14.8. The molecule has 0 radical (unpaired) electrons. The van der Waals surface area contributed by atoms with E-state index in [1.54, 1.807) is 32.9 Å². The molecule has 8 rings (SSSR count). The van der Waals surface area contributed by atoms with Gasteiger partial charge in [-0.3, -0.25) is 9.69 Å². The molecule has 1 amide bonds. The van der Waals surface area contributed by atoms with Gasteiger partial charge in [-0.1, -0.05) is 40.1 Å². The number of allylic oxidation sites excluding steroid dienone is 1. The molecule has 1 spiro atoms. The number of fused-ring (bicyclic) bond motifs is 4. The molecule has 1 N–H and O–H groups in total. The number of aryl methyl sites for hydroxylation is 3. The van der Waals surface area contributed by atoms with Gasteiger partial charge in [-0.05, 0) is 105 Å². The number of amides is 1. The van der Waals surface area contributed by atoms with E-state index in [0.29, 0.717) is 74.8 Å². The minimum Gasteiger partial charge on any atom is -0.490 e. The van der Waals surface area contributed by atoms with Crippen molar-refractivity contribution in [2.24, 2.45) is 11.8 Å². The Morgan fingerprint density at radius 1 is 1.02 bits per heavy atom. The molecule has 15 heteroatoms. The van der Waals surface area contributed by atoms with E-state index in [1.165, 1.54) is 11.1 Å². The fourth-order valence-electron chi connectivity index (χ4n) is 8.80. The minimum absolute atomic E-state index is 0.0820. The van der Waals surface area contributed by atoms with Crippen LogP contribution in [0.2, 0.25) is 5.02 Å². The molecule has 2 aromatic heterocycles. The average molecular weight is 776 g/mol. The van der Waals surface area contributed by atoms with Gasteiger partial charge < -0.3 is 18.7 Å². The molecule has 2 aromatic carbocycles. The summed E-state index contributed by atoms with van der Waals surface area (Å²) in [5.41, 5.74) is 3.25. The summed E-state index contributed by atoms with van der Waals surface area (Å²) < 4.78 is 46.6. The molecule has 2 aliphatic heterocycles. The first-order valence-electron chi connectivity index (χ1n) is 18.8. The number of hydrogen-bond donors (Lipinski definition) is 1. The second-order valence-electron chi connectivity index (χ2n) is 15.4. The van der Waals surface area contributed by atoms with Crippen LogP contribution in [0.5, 0.6) is 5.75 Å². The maximum atomic E-state index is 13.6.